The predicted octanol–water partition coefficient (Wildman–Crippen LogP) is 0.728. The van der Waals surface area contributed by atoms with Gasteiger partial charge >= 0.3 is 11.9 Å². The van der Waals surface area contributed by atoms with Gasteiger partial charge in [-0.3, -0.25) is 9.59 Å². The molecular weight excluding hydrogens is 852 g/mol. The molecule has 5 aliphatic carbocycles. The van der Waals surface area contributed by atoms with Gasteiger partial charge in [0, 0.05) is 0 Å². The second-order valence-corrected chi connectivity index (χ2v) is 22.3. The van der Waals surface area contributed by atoms with Crippen LogP contribution in [-0.2, 0) is 38.0 Å². The van der Waals surface area contributed by atoms with Crippen LogP contribution in [0.2, 0.25) is 0 Å². The van der Waals surface area contributed by atoms with Crippen molar-refractivity contribution in [1.29, 1.82) is 0 Å². The molecule has 0 aromatic rings. The fourth-order valence-electron chi connectivity index (χ4n) is 15.1. The Morgan fingerprint density at radius 2 is 1.42 bits per heavy atom. The molecular formula is C47H74O18. The number of carbonyl (C=O) groups is 2. The zero-order chi connectivity index (χ0) is 47.5. The largest absolute Gasteiger partial charge is 0.481 e. The van der Waals surface area contributed by atoms with Gasteiger partial charge in [-0.25, -0.2) is 0 Å². The number of allylic oxidation sites excluding steroid dienone is 1. The van der Waals surface area contributed by atoms with E-state index in [0.29, 0.717) is 44.9 Å². The molecule has 0 aromatic carbocycles. The lowest BCUT2D eigenvalue weighted by atomic mass is 9.33. The van der Waals surface area contributed by atoms with Gasteiger partial charge in [0.1, 0.15) is 61.0 Å². The van der Waals surface area contributed by atoms with Crippen molar-refractivity contribution in [2.75, 3.05) is 13.2 Å². The summed E-state index contributed by atoms with van der Waals surface area (Å²) in [6.45, 7) is 13.5. The molecule has 18 nitrogen and oxygen atoms in total. The summed E-state index contributed by atoms with van der Waals surface area (Å²) in [5.74, 6) is -2.08. The number of aliphatic hydroxyl groups excluding tert-OH is 9. The standard InChI is InChI=1S/C47H74O18/c1-20-10-15-46(42(59)65-39-36(56)33(53)32(52)25(18-48)62-39)16-17-47(41(57)58)23(29(46)21(20)2)8-9-27-44(6)13-12-28(43(4,5)26(44)11-14-45(27,47)7)63-40-37(34(54)30(50)22(3)61-40)64-38-35(55)31(51)24(49)19-60-38/h8,20-22,24-40,48-56H,9-19H2,1-7H3,(H,57,58)/t20-,21+,22-,24-,25-,26+,27-,28+,29+,30-,31+,32-,33+,34+,35-,36-,37-,38+,39+,40+,44+,45-,46+,47-/m1/s1. The summed E-state index contributed by atoms with van der Waals surface area (Å²) in [5, 5.41) is 106. The Kier molecular flexibility index (Phi) is 13.3. The SMILES string of the molecule is C[C@H]1[C@H](C)CC[C@]2(C(=O)O[C@@H]3O[C@H](CO)[C@@H](O)[C@H](O)[C@H]3O)CC[C@]3(C(=O)O)C(=CC[C@@H]4[C@@]5(C)CC[C@H](O[C@@H]6O[C@H](C)[C@@H](O)[C@H](O)[C@H]6O[C@@H]6OC[C@@H](O)[C@H](O)[C@H]6O)C(C)(C)[C@@H]5CC[C@]43C)[C@H]12. The molecule has 0 amide bonds. The number of carboxylic acid groups (broad SMARTS) is 1. The number of carboxylic acids is 1. The van der Waals surface area contributed by atoms with E-state index in [1.165, 1.54) is 0 Å². The lowest BCUT2D eigenvalue weighted by Crippen LogP contribution is -2.68. The fraction of sp³-hybridized carbons (Fsp3) is 0.915. The van der Waals surface area contributed by atoms with Gasteiger partial charge in [0.05, 0.1) is 36.3 Å². The molecule has 3 heterocycles. The maximum Gasteiger partial charge on any atom is 0.315 e. The number of hydrogen-bond acceptors (Lipinski definition) is 17. The van der Waals surface area contributed by atoms with Crippen molar-refractivity contribution in [1.82, 2.24) is 0 Å². The first-order chi connectivity index (χ1) is 30.4. The molecule has 0 spiro atoms. The highest BCUT2D eigenvalue weighted by Crippen LogP contribution is 2.76. The van der Waals surface area contributed by atoms with E-state index in [0.717, 1.165) is 5.57 Å². The van der Waals surface area contributed by atoms with Gasteiger partial charge in [-0.15, -0.1) is 0 Å². The van der Waals surface area contributed by atoms with Gasteiger partial charge in [-0.2, -0.15) is 0 Å². The summed E-state index contributed by atoms with van der Waals surface area (Å²) >= 11 is 0. The van der Waals surface area contributed by atoms with Crippen LogP contribution in [0.15, 0.2) is 11.6 Å². The fourth-order valence-corrected chi connectivity index (χ4v) is 15.1. The van der Waals surface area contributed by atoms with Crippen molar-refractivity contribution in [3.05, 3.63) is 11.6 Å². The number of ether oxygens (including phenoxy) is 6. The average Bonchev–Trinajstić information content (AvgIpc) is 3.25. The molecule has 3 saturated heterocycles. The average molecular weight is 927 g/mol. The zero-order valence-electron chi connectivity index (χ0n) is 38.6. The van der Waals surface area contributed by atoms with Gasteiger partial charge in [0.15, 0.2) is 12.6 Å². The van der Waals surface area contributed by atoms with E-state index in [9.17, 15) is 60.7 Å². The Balaban J connectivity index is 1.08. The molecule has 8 aliphatic rings. The van der Waals surface area contributed by atoms with E-state index in [1.807, 2.05) is 0 Å². The summed E-state index contributed by atoms with van der Waals surface area (Å²) in [7, 11) is 0. The number of esters is 1. The van der Waals surface area contributed by atoms with Gasteiger partial charge < -0.3 is 79.5 Å². The lowest BCUT2D eigenvalue weighted by molar-refractivity contribution is -0.367. The topological polar surface area (TPSA) is 292 Å². The second kappa shape index (κ2) is 17.5. The molecule has 7 fully saturated rings. The molecule has 24 atom stereocenters. The number of aliphatic carboxylic acids is 1. The molecule has 4 saturated carbocycles. The molecule has 8 rings (SSSR count). The normalized spacial score (nSPS) is 54.2. The Morgan fingerprint density at radius 3 is 2.09 bits per heavy atom. The van der Waals surface area contributed by atoms with E-state index < -0.39 is 138 Å². The molecule has 0 unspecified atom stereocenters. The summed E-state index contributed by atoms with van der Waals surface area (Å²) in [5.41, 5.74) is -3.34. The number of hydrogen-bond donors (Lipinski definition) is 10. The van der Waals surface area contributed by atoms with E-state index >= 15 is 0 Å². The van der Waals surface area contributed by atoms with Crippen molar-refractivity contribution in [3.63, 3.8) is 0 Å². The minimum absolute atomic E-state index is 0.0356. The first kappa shape index (κ1) is 49.5. The van der Waals surface area contributed by atoms with Crippen LogP contribution in [0.4, 0.5) is 0 Å². The molecule has 0 aromatic heterocycles. The molecule has 370 valence electrons. The van der Waals surface area contributed by atoms with E-state index in [-0.39, 0.29) is 48.5 Å². The van der Waals surface area contributed by atoms with E-state index in [4.69, 9.17) is 28.4 Å². The lowest BCUT2D eigenvalue weighted by Gasteiger charge is -2.70. The predicted molar refractivity (Wildman–Crippen MR) is 225 cm³/mol. The minimum Gasteiger partial charge on any atom is -0.481 e. The Bertz CT molecular complexity index is 1810. The zero-order valence-corrected chi connectivity index (χ0v) is 38.6. The first-order valence-corrected chi connectivity index (χ1v) is 23.9. The Labute approximate surface area is 380 Å². The number of carbonyl (C=O) groups excluding carboxylic acids is 1. The summed E-state index contributed by atoms with van der Waals surface area (Å²) in [6.07, 6.45) is -14.1. The van der Waals surface area contributed by atoms with Gasteiger partial charge in [0.2, 0.25) is 6.29 Å². The molecule has 0 bridgehead atoms. The summed E-state index contributed by atoms with van der Waals surface area (Å²) in [4.78, 5) is 29.1. The molecule has 10 N–H and O–H groups in total. The van der Waals surface area contributed by atoms with E-state index in [2.05, 4.69) is 47.6 Å². The van der Waals surface area contributed by atoms with Crippen molar-refractivity contribution in [3.8, 4) is 0 Å². The van der Waals surface area contributed by atoms with Crippen molar-refractivity contribution < 1.29 is 89.1 Å². The maximum atomic E-state index is 14.7. The second-order valence-electron chi connectivity index (χ2n) is 22.3. The van der Waals surface area contributed by atoms with Crippen LogP contribution in [0, 0.1) is 56.7 Å². The minimum atomic E-state index is -1.77. The van der Waals surface area contributed by atoms with Gasteiger partial charge in [-0.05, 0) is 111 Å². The smallest absolute Gasteiger partial charge is 0.315 e. The van der Waals surface area contributed by atoms with Gasteiger partial charge in [0.25, 0.3) is 0 Å². The Morgan fingerprint density at radius 1 is 0.723 bits per heavy atom. The molecule has 65 heavy (non-hydrogen) atoms. The quantitative estimate of drug-likeness (QED) is 0.0912. The van der Waals surface area contributed by atoms with Crippen LogP contribution in [0.3, 0.4) is 0 Å². The van der Waals surface area contributed by atoms with Crippen LogP contribution in [-0.4, -0.2) is 168 Å². The Hall–Kier alpha value is -1.88. The third-order valence-electron chi connectivity index (χ3n) is 19.0. The highest BCUT2D eigenvalue weighted by molar-refractivity contribution is 5.85. The van der Waals surface area contributed by atoms with Crippen molar-refractivity contribution >= 4 is 11.9 Å². The van der Waals surface area contributed by atoms with Crippen LogP contribution in [0.5, 0.6) is 0 Å². The number of fused-ring (bicyclic) bond motifs is 7. The van der Waals surface area contributed by atoms with Gasteiger partial charge in [-0.1, -0.05) is 53.2 Å². The third kappa shape index (κ3) is 7.41. The maximum absolute atomic E-state index is 14.7. The van der Waals surface area contributed by atoms with Crippen LogP contribution < -0.4 is 0 Å². The van der Waals surface area contributed by atoms with E-state index in [1.54, 1.807) is 6.92 Å². The van der Waals surface area contributed by atoms with Crippen molar-refractivity contribution in [2.24, 2.45) is 56.7 Å². The first-order valence-electron chi connectivity index (χ1n) is 23.9. The third-order valence-corrected chi connectivity index (χ3v) is 19.0. The van der Waals surface area contributed by atoms with Crippen LogP contribution in [0.1, 0.15) is 106 Å². The molecule has 18 heteroatoms. The number of aliphatic hydroxyl groups is 9. The van der Waals surface area contributed by atoms with Crippen LogP contribution in [0.25, 0.3) is 0 Å². The molecule has 3 aliphatic heterocycles. The summed E-state index contributed by atoms with van der Waals surface area (Å²) in [6, 6.07) is 0. The number of rotatable bonds is 8. The van der Waals surface area contributed by atoms with Crippen molar-refractivity contribution in [2.45, 2.75) is 198 Å². The van der Waals surface area contributed by atoms with Crippen LogP contribution >= 0.6 is 0 Å². The highest BCUT2D eigenvalue weighted by Gasteiger charge is 2.74. The highest BCUT2D eigenvalue weighted by atomic mass is 16.8. The monoisotopic (exact) mass is 926 g/mol. The summed E-state index contributed by atoms with van der Waals surface area (Å²) < 4.78 is 36.0. The molecule has 0 radical (unpaired) electrons.